The van der Waals surface area contributed by atoms with Crippen LogP contribution in [0.25, 0.3) is 0 Å². The second-order valence-corrected chi connectivity index (χ2v) is 4.57. The predicted octanol–water partition coefficient (Wildman–Crippen LogP) is 0.770. The van der Waals surface area contributed by atoms with Gasteiger partial charge in [-0.1, -0.05) is 5.92 Å². The lowest BCUT2D eigenvalue weighted by Gasteiger charge is -2.16. The molecule has 3 N–H and O–H groups in total. The highest BCUT2D eigenvalue weighted by molar-refractivity contribution is 5.94. The molecule has 1 aromatic heterocycles. The van der Waals surface area contributed by atoms with Gasteiger partial charge in [-0.3, -0.25) is 4.79 Å². The van der Waals surface area contributed by atoms with Crippen LogP contribution >= 0.6 is 0 Å². The Morgan fingerprint density at radius 1 is 1.53 bits per heavy atom. The van der Waals surface area contributed by atoms with Crippen LogP contribution in [0.4, 0.5) is 5.82 Å². The van der Waals surface area contributed by atoms with Crippen LogP contribution in [0.15, 0.2) is 18.3 Å². The second-order valence-electron chi connectivity index (χ2n) is 4.57. The summed E-state index contributed by atoms with van der Waals surface area (Å²) in [7, 11) is 0. The molecule has 2 rings (SSSR count). The Hall–Kier alpha value is -2.06. The fourth-order valence-corrected chi connectivity index (χ4v) is 2.15. The van der Waals surface area contributed by atoms with Crippen LogP contribution in [-0.2, 0) is 0 Å². The molecule has 1 amide bonds. The molecule has 2 unspecified atom stereocenters. The molecule has 5 heteroatoms. The Kier molecular flexibility index (Phi) is 4.37. The first-order chi connectivity index (χ1) is 9.20. The van der Waals surface area contributed by atoms with E-state index in [0.717, 1.165) is 19.3 Å². The number of carbonyl (C=O) groups excluding carboxylic acids is 1. The molecule has 0 aromatic carbocycles. The largest absolute Gasteiger partial charge is 0.391 e. The van der Waals surface area contributed by atoms with Gasteiger partial charge in [-0.15, -0.1) is 6.42 Å². The molecule has 2 atom stereocenters. The summed E-state index contributed by atoms with van der Waals surface area (Å²) in [5.74, 6) is 2.77. The van der Waals surface area contributed by atoms with Gasteiger partial charge in [0.25, 0.3) is 5.91 Å². The molecule has 5 nitrogen and oxygen atoms in total. The van der Waals surface area contributed by atoms with E-state index >= 15 is 0 Å². The summed E-state index contributed by atoms with van der Waals surface area (Å²) in [5.41, 5.74) is 0.466. The van der Waals surface area contributed by atoms with Gasteiger partial charge in [0.15, 0.2) is 0 Å². The number of terminal acetylenes is 1. The zero-order chi connectivity index (χ0) is 13.7. The van der Waals surface area contributed by atoms with Gasteiger partial charge < -0.3 is 15.7 Å². The van der Waals surface area contributed by atoms with Crippen molar-refractivity contribution in [2.75, 3.05) is 11.9 Å². The van der Waals surface area contributed by atoms with E-state index < -0.39 is 0 Å². The lowest BCUT2D eigenvalue weighted by Crippen LogP contribution is -2.28. The number of nitrogens with zero attached hydrogens (tertiary/aromatic N) is 1. The monoisotopic (exact) mass is 259 g/mol. The number of carbonyl (C=O) groups is 1. The average Bonchev–Trinajstić information content (AvgIpc) is 2.82. The minimum absolute atomic E-state index is 0.0496. The highest BCUT2D eigenvalue weighted by atomic mass is 16.3. The van der Waals surface area contributed by atoms with Crippen molar-refractivity contribution in [2.45, 2.75) is 31.4 Å². The molecule has 0 saturated heterocycles. The van der Waals surface area contributed by atoms with Crippen molar-refractivity contribution in [2.24, 2.45) is 0 Å². The molecule has 1 aliphatic rings. The molecule has 1 saturated carbocycles. The van der Waals surface area contributed by atoms with Crippen LogP contribution in [0, 0.1) is 12.3 Å². The van der Waals surface area contributed by atoms with Crippen molar-refractivity contribution in [3.63, 3.8) is 0 Å². The van der Waals surface area contributed by atoms with Crippen LogP contribution in [0.2, 0.25) is 0 Å². The molecular weight excluding hydrogens is 242 g/mol. The van der Waals surface area contributed by atoms with Crippen LogP contribution in [0.1, 0.15) is 29.6 Å². The first kappa shape index (κ1) is 13.4. The Morgan fingerprint density at radius 2 is 2.37 bits per heavy atom. The van der Waals surface area contributed by atoms with Gasteiger partial charge in [0.05, 0.1) is 24.3 Å². The summed E-state index contributed by atoms with van der Waals surface area (Å²) in [4.78, 5) is 15.8. The molecule has 19 heavy (non-hydrogen) atoms. The van der Waals surface area contributed by atoms with Crippen molar-refractivity contribution in [1.29, 1.82) is 0 Å². The van der Waals surface area contributed by atoms with Gasteiger partial charge in [-0.05, 0) is 31.4 Å². The second kappa shape index (κ2) is 6.21. The highest BCUT2D eigenvalue weighted by Crippen LogP contribution is 2.22. The maximum absolute atomic E-state index is 11.6. The fraction of sp³-hybridized carbons (Fsp3) is 0.429. The molecule has 100 valence electrons. The van der Waals surface area contributed by atoms with Crippen molar-refractivity contribution in [1.82, 2.24) is 10.3 Å². The minimum Gasteiger partial charge on any atom is -0.391 e. The Labute approximate surface area is 112 Å². The summed E-state index contributed by atoms with van der Waals surface area (Å²) >= 11 is 0. The van der Waals surface area contributed by atoms with E-state index in [-0.39, 0.29) is 24.6 Å². The van der Waals surface area contributed by atoms with Gasteiger partial charge in [-0.2, -0.15) is 0 Å². The fourth-order valence-electron chi connectivity index (χ4n) is 2.15. The number of hydrogen-bond acceptors (Lipinski definition) is 4. The van der Waals surface area contributed by atoms with E-state index in [9.17, 15) is 9.90 Å². The summed E-state index contributed by atoms with van der Waals surface area (Å²) in [5, 5.41) is 15.5. The lowest BCUT2D eigenvalue weighted by atomic mass is 10.2. The molecule has 1 aromatic rings. The van der Waals surface area contributed by atoms with E-state index in [1.807, 2.05) is 0 Å². The Morgan fingerprint density at radius 3 is 2.95 bits per heavy atom. The number of aromatic nitrogens is 1. The molecule has 0 aliphatic heterocycles. The van der Waals surface area contributed by atoms with Crippen LogP contribution in [-0.4, -0.2) is 34.7 Å². The first-order valence-electron chi connectivity index (χ1n) is 6.33. The number of nitrogens with one attached hydrogen (secondary N) is 2. The highest BCUT2D eigenvalue weighted by Gasteiger charge is 2.25. The normalized spacial score (nSPS) is 21.7. The number of hydrogen-bond donors (Lipinski definition) is 3. The van der Waals surface area contributed by atoms with Gasteiger partial charge >= 0.3 is 0 Å². The number of anilines is 1. The molecule has 1 fully saturated rings. The summed E-state index contributed by atoms with van der Waals surface area (Å²) in [6.07, 6.45) is 9.03. The van der Waals surface area contributed by atoms with E-state index in [2.05, 4.69) is 21.5 Å². The summed E-state index contributed by atoms with van der Waals surface area (Å²) < 4.78 is 0. The van der Waals surface area contributed by atoms with Gasteiger partial charge in [0, 0.05) is 6.20 Å². The Bertz CT molecular complexity index is 478. The van der Waals surface area contributed by atoms with Crippen LogP contribution in [0.3, 0.4) is 0 Å². The number of amides is 1. The van der Waals surface area contributed by atoms with Gasteiger partial charge in [-0.25, -0.2) is 4.98 Å². The van der Waals surface area contributed by atoms with Crippen molar-refractivity contribution >= 4 is 11.7 Å². The number of pyridine rings is 1. The SMILES string of the molecule is C#CCNC(=O)c1ccc(NC2CCCC2O)nc1. The third-order valence-corrected chi connectivity index (χ3v) is 3.19. The van der Waals surface area contributed by atoms with Gasteiger partial charge in [0.2, 0.25) is 0 Å². The summed E-state index contributed by atoms with van der Waals surface area (Å²) in [6, 6.07) is 3.46. The summed E-state index contributed by atoms with van der Waals surface area (Å²) in [6.45, 7) is 0.201. The maximum Gasteiger partial charge on any atom is 0.253 e. The topological polar surface area (TPSA) is 74.2 Å². The Balaban J connectivity index is 1.94. The van der Waals surface area contributed by atoms with Gasteiger partial charge in [0.1, 0.15) is 5.82 Å². The zero-order valence-electron chi connectivity index (χ0n) is 10.6. The quantitative estimate of drug-likeness (QED) is 0.698. The zero-order valence-corrected chi connectivity index (χ0v) is 10.6. The number of aliphatic hydroxyl groups is 1. The maximum atomic E-state index is 11.6. The van der Waals surface area contributed by atoms with Crippen LogP contribution < -0.4 is 10.6 Å². The molecule has 1 heterocycles. The molecule has 0 radical (unpaired) electrons. The predicted molar refractivity (Wildman–Crippen MR) is 72.7 cm³/mol. The molecule has 1 aliphatic carbocycles. The smallest absolute Gasteiger partial charge is 0.253 e. The van der Waals surface area contributed by atoms with Crippen molar-refractivity contribution in [3.05, 3.63) is 23.9 Å². The first-order valence-corrected chi connectivity index (χ1v) is 6.33. The van der Waals surface area contributed by atoms with E-state index in [4.69, 9.17) is 6.42 Å². The minimum atomic E-state index is -0.319. The number of aliphatic hydroxyl groups excluding tert-OH is 1. The van der Waals surface area contributed by atoms with E-state index in [1.54, 1.807) is 12.1 Å². The molecule has 0 bridgehead atoms. The third-order valence-electron chi connectivity index (χ3n) is 3.19. The molecular formula is C14H17N3O2. The molecule has 0 spiro atoms. The van der Waals surface area contributed by atoms with Crippen molar-refractivity contribution in [3.8, 4) is 12.3 Å². The lowest BCUT2D eigenvalue weighted by molar-refractivity contribution is 0.0958. The van der Waals surface area contributed by atoms with Crippen LogP contribution in [0.5, 0.6) is 0 Å². The standard InChI is InChI=1S/C14H17N3O2/c1-2-8-15-14(19)10-6-7-13(16-9-10)17-11-4-3-5-12(11)18/h1,6-7,9,11-12,18H,3-5,8H2,(H,15,19)(H,16,17). The number of rotatable bonds is 4. The average molecular weight is 259 g/mol. The third kappa shape index (κ3) is 3.46. The van der Waals surface area contributed by atoms with E-state index in [0.29, 0.717) is 11.4 Å². The van der Waals surface area contributed by atoms with Crippen molar-refractivity contribution < 1.29 is 9.90 Å². The van der Waals surface area contributed by atoms with E-state index in [1.165, 1.54) is 6.20 Å².